The van der Waals surface area contributed by atoms with Crippen LogP contribution in [0, 0.1) is 13.8 Å². The van der Waals surface area contributed by atoms with E-state index in [0.717, 1.165) is 102 Å². The summed E-state index contributed by atoms with van der Waals surface area (Å²) in [5.41, 5.74) is 23.7. The molecule has 0 spiro atoms. The van der Waals surface area contributed by atoms with Crippen LogP contribution in [0.2, 0.25) is 0 Å². The van der Waals surface area contributed by atoms with Crippen LogP contribution >= 0.6 is 0 Å². The molecule has 2 aliphatic rings. The third-order valence-corrected chi connectivity index (χ3v) is 14.4. The van der Waals surface area contributed by atoms with Crippen molar-refractivity contribution in [2.24, 2.45) is 0 Å². The van der Waals surface area contributed by atoms with E-state index in [9.17, 15) is 5.11 Å². The molecule has 0 saturated heterocycles. The first-order valence-electron chi connectivity index (χ1n) is 25.7. The van der Waals surface area contributed by atoms with Crippen molar-refractivity contribution in [3.8, 4) is 28.0 Å². The zero-order valence-electron chi connectivity index (χ0n) is 41.3. The van der Waals surface area contributed by atoms with Crippen LogP contribution in [-0.4, -0.2) is 25.0 Å². The van der Waals surface area contributed by atoms with Gasteiger partial charge in [0.2, 0.25) is 0 Å². The van der Waals surface area contributed by atoms with Crippen molar-refractivity contribution >= 4 is 44.4 Å². The Balaban J connectivity index is 1.68. The lowest BCUT2D eigenvalue weighted by Gasteiger charge is -2.09. The predicted molar refractivity (Wildman–Crippen MR) is 281 cm³/mol. The molecule has 0 fully saturated rings. The largest absolute Gasteiger partial charge is 0.508 e. The van der Waals surface area contributed by atoms with Crippen LogP contribution in [0.15, 0.2) is 66.7 Å². The second-order valence-corrected chi connectivity index (χ2v) is 19.1. The molecule has 0 radical (unpaired) electrons. The number of aromatic amines is 2. The first kappa shape index (κ1) is 47.8. The quantitative estimate of drug-likeness (QED) is 0.0606. The Labute approximate surface area is 391 Å². The zero-order valence-corrected chi connectivity index (χ0v) is 41.3. The van der Waals surface area contributed by atoms with Gasteiger partial charge in [0.25, 0.3) is 0 Å². The minimum absolute atomic E-state index is 0.262. The number of aryl methyl sites for hydroxylation is 4. The molecule has 5 heterocycles. The number of aromatic nitrogens is 4. The van der Waals surface area contributed by atoms with E-state index in [-0.39, 0.29) is 5.75 Å². The van der Waals surface area contributed by atoms with Gasteiger partial charge in [0.05, 0.1) is 33.8 Å². The maximum Gasteiger partial charge on any atom is 0.116 e. The number of allylic oxidation sites excluding steroid dienone is 4. The SMILES string of the molecule is CCCCCCC1=C(C)c2nc1cc1[nH]c(c(C)c1CCCCCC)c(-c1ccccc1)c1nc(cc3[nH]c(c(C)c3CCCCCC)c2-c2cccc(O)c2)C(CCCCCC)=C1C. The van der Waals surface area contributed by atoms with Crippen molar-refractivity contribution in [1.82, 2.24) is 19.9 Å². The molecule has 0 unspecified atom stereocenters. The number of benzene rings is 2. The van der Waals surface area contributed by atoms with E-state index in [2.05, 4.69) is 114 Å². The number of hydrogen-bond donors (Lipinski definition) is 3. The molecule has 3 N–H and O–H groups in total. The molecular formula is C60H78N4O. The molecule has 5 heteroatoms. The van der Waals surface area contributed by atoms with E-state index < -0.39 is 0 Å². The van der Waals surface area contributed by atoms with Gasteiger partial charge in [-0.2, -0.15) is 0 Å². The average molecular weight is 871 g/mol. The Morgan fingerprint density at radius 2 is 0.862 bits per heavy atom. The van der Waals surface area contributed by atoms with Gasteiger partial charge in [-0.15, -0.1) is 0 Å². The van der Waals surface area contributed by atoms with Crippen molar-refractivity contribution in [2.75, 3.05) is 0 Å². The minimum Gasteiger partial charge on any atom is -0.508 e. The molecule has 0 saturated carbocycles. The van der Waals surface area contributed by atoms with E-state index in [1.165, 1.54) is 138 Å². The molecule has 0 amide bonds. The molecule has 0 aliphatic carbocycles. The van der Waals surface area contributed by atoms with E-state index in [0.29, 0.717) is 0 Å². The molecule has 2 aliphatic heterocycles. The summed E-state index contributed by atoms with van der Waals surface area (Å²) < 4.78 is 0. The maximum absolute atomic E-state index is 11.1. The second kappa shape index (κ2) is 22.8. The van der Waals surface area contributed by atoms with E-state index in [4.69, 9.17) is 9.97 Å². The molecule has 65 heavy (non-hydrogen) atoms. The number of phenols is 1. The smallest absolute Gasteiger partial charge is 0.116 e. The third kappa shape index (κ3) is 10.8. The molecule has 7 rings (SSSR count). The van der Waals surface area contributed by atoms with Crippen LogP contribution in [0.5, 0.6) is 5.75 Å². The number of hydrogen-bond acceptors (Lipinski definition) is 3. The summed E-state index contributed by atoms with van der Waals surface area (Å²) in [5.74, 6) is 0.262. The van der Waals surface area contributed by atoms with Crippen LogP contribution in [0.25, 0.3) is 66.6 Å². The number of fused-ring (bicyclic) bond motifs is 8. The molecule has 8 bridgehead atoms. The van der Waals surface area contributed by atoms with Gasteiger partial charge in [-0.25, -0.2) is 9.97 Å². The topological polar surface area (TPSA) is 77.6 Å². The van der Waals surface area contributed by atoms with Gasteiger partial charge in [-0.05, 0) is 159 Å². The fraction of sp³-hybridized carbons (Fsp3) is 0.467. The lowest BCUT2D eigenvalue weighted by molar-refractivity contribution is 0.475. The van der Waals surface area contributed by atoms with Gasteiger partial charge in [-0.3, -0.25) is 0 Å². The molecular weight excluding hydrogens is 793 g/mol. The Morgan fingerprint density at radius 3 is 1.29 bits per heavy atom. The average Bonchev–Trinajstić information content (AvgIpc) is 3.98. The van der Waals surface area contributed by atoms with Crippen molar-refractivity contribution in [2.45, 2.75) is 184 Å². The van der Waals surface area contributed by atoms with E-state index in [1.807, 2.05) is 12.1 Å². The number of phenolic OH excluding ortho intramolecular Hbond substituents is 1. The Bertz CT molecular complexity index is 2650. The second-order valence-electron chi connectivity index (χ2n) is 19.1. The maximum atomic E-state index is 11.1. The lowest BCUT2D eigenvalue weighted by atomic mass is 9.93. The normalized spacial score (nSPS) is 12.9. The first-order chi connectivity index (χ1) is 31.7. The van der Waals surface area contributed by atoms with Gasteiger partial charge in [0.15, 0.2) is 0 Å². The number of nitrogens with one attached hydrogen (secondary N) is 2. The highest BCUT2D eigenvalue weighted by atomic mass is 16.3. The predicted octanol–water partition coefficient (Wildman–Crippen LogP) is 18.0. The fourth-order valence-electron chi connectivity index (χ4n) is 10.5. The summed E-state index contributed by atoms with van der Waals surface area (Å²) in [5, 5.41) is 11.1. The molecule has 0 atom stereocenters. The van der Waals surface area contributed by atoms with E-state index in [1.54, 1.807) is 6.07 Å². The number of unbranched alkanes of at least 4 members (excludes halogenated alkanes) is 12. The zero-order chi connectivity index (χ0) is 45.9. The van der Waals surface area contributed by atoms with Crippen molar-refractivity contribution in [1.29, 1.82) is 0 Å². The van der Waals surface area contributed by atoms with Gasteiger partial charge in [0, 0.05) is 22.2 Å². The highest BCUT2D eigenvalue weighted by Gasteiger charge is 2.26. The molecule has 344 valence electrons. The van der Waals surface area contributed by atoms with Crippen LogP contribution in [0.4, 0.5) is 0 Å². The number of H-pyrrole nitrogens is 2. The summed E-state index contributed by atoms with van der Waals surface area (Å²) in [4.78, 5) is 19.7. The Hall–Kier alpha value is -5.16. The third-order valence-electron chi connectivity index (χ3n) is 14.4. The molecule has 2 aromatic carbocycles. The van der Waals surface area contributed by atoms with Crippen LogP contribution in [0.1, 0.15) is 202 Å². The van der Waals surface area contributed by atoms with Crippen molar-refractivity contribution in [3.63, 3.8) is 0 Å². The Kier molecular flexibility index (Phi) is 16.8. The van der Waals surface area contributed by atoms with E-state index >= 15 is 0 Å². The summed E-state index contributed by atoms with van der Waals surface area (Å²) in [6.07, 6.45) is 23.2. The van der Waals surface area contributed by atoms with Crippen molar-refractivity contribution in [3.05, 3.63) is 112 Å². The fourth-order valence-corrected chi connectivity index (χ4v) is 10.5. The number of nitrogens with zero attached hydrogens (tertiary/aromatic N) is 2. The van der Waals surface area contributed by atoms with Crippen molar-refractivity contribution < 1.29 is 5.11 Å². The summed E-state index contributed by atoms with van der Waals surface area (Å²) in [6.45, 7) is 18.4. The molecule has 5 nitrogen and oxygen atoms in total. The first-order valence-corrected chi connectivity index (χ1v) is 25.7. The minimum atomic E-state index is 0.262. The monoisotopic (exact) mass is 871 g/mol. The van der Waals surface area contributed by atoms with Crippen LogP contribution in [-0.2, 0) is 12.8 Å². The molecule has 3 aromatic heterocycles. The lowest BCUT2D eigenvalue weighted by Crippen LogP contribution is -1.91. The van der Waals surface area contributed by atoms with Crippen LogP contribution < -0.4 is 0 Å². The molecule has 5 aromatic rings. The highest BCUT2D eigenvalue weighted by Crippen LogP contribution is 2.45. The van der Waals surface area contributed by atoms with Gasteiger partial charge < -0.3 is 15.1 Å². The number of rotatable bonds is 22. The highest BCUT2D eigenvalue weighted by molar-refractivity contribution is 6.03. The Morgan fingerprint density at radius 1 is 0.446 bits per heavy atom. The van der Waals surface area contributed by atoms with Gasteiger partial charge >= 0.3 is 0 Å². The summed E-state index contributed by atoms with van der Waals surface area (Å²) in [6, 6.07) is 23.6. The van der Waals surface area contributed by atoms with Gasteiger partial charge in [0.1, 0.15) is 5.75 Å². The summed E-state index contributed by atoms with van der Waals surface area (Å²) in [7, 11) is 0. The number of aromatic hydroxyl groups is 1. The summed E-state index contributed by atoms with van der Waals surface area (Å²) >= 11 is 0. The van der Waals surface area contributed by atoms with Gasteiger partial charge in [-0.1, -0.05) is 147 Å². The van der Waals surface area contributed by atoms with Crippen LogP contribution in [0.3, 0.4) is 0 Å². The standard InChI is InChI=1S/C60H78N4O/c1-9-13-17-24-33-47-40(5)57-55(44-29-22-21-23-30-44)58-41(6)48(34-25-18-14-10-2)52(62-58)39-54-50(36-27-20-16-12-4)43(8)60(64-54)56(45-31-28-32-46(65)37-45)59-42(7)49(35-26-19-15-11-3)53(63-59)38-51(47)61-57/h21-23,28-32,37-39,61,64-65H,9-20,24-27,33-36H2,1-8H3.